The normalized spacial score (nSPS) is 12.8. The van der Waals surface area contributed by atoms with Crippen LogP contribution in [0.4, 0.5) is 0 Å². The number of rotatable bonds is 9. The summed E-state index contributed by atoms with van der Waals surface area (Å²) in [6, 6.07) is 0. The van der Waals surface area contributed by atoms with Gasteiger partial charge in [-0.25, -0.2) is 0 Å². The fraction of sp³-hybridized carbons (Fsp3) is 0.923. The molecule has 1 atom stereocenters. The molecule has 0 aliphatic heterocycles. The van der Waals surface area contributed by atoms with Crippen molar-refractivity contribution in [2.24, 2.45) is 11.7 Å². The Morgan fingerprint density at radius 1 is 1.18 bits per heavy atom. The Hall–Kier alpha value is -0.610. The van der Waals surface area contributed by atoms with Crippen molar-refractivity contribution >= 4 is 5.91 Å². The molecular weight excluding hydrogens is 214 g/mol. The van der Waals surface area contributed by atoms with E-state index in [1.165, 1.54) is 0 Å². The number of carbonyl (C=O) groups excluding carboxylic acids is 1. The lowest BCUT2D eigenvalue weighted by Gasteiger charge is -2.25. The quantitative estimate of drug-likeness (QED) is 0.661. The lowest BCUT2D eigenvalue weighted by atomic mass is 10.0. The second-order valence-electron chi connectivity index (χ2n) is 4.90. The summed E-state index contributed by atoms with van der Waals surface area (Å²) in [5.41, 5.74) is 5.65. The van der Waals surface area contributed by atoms with Crippen LogP contribution >= 0.6 is 0 Å². The van der Waals surface area contributed by atoms with Crippen molar-refractivity contribution in [1.82, 2.24) is 9.80 Å². The maximum atomic E-state index is 12.1. The second-order valence-corrected chi connectivity index (χ2v) is 4.90. The third kappa shape index (κ3) is 7.34. The van der Waals surface area contributed by atoms with E-state index in [0.717, 1.165) is 32.5 Å². The molecule has 0 aromatic carbocycles. The average molecular weight is 243 g/mol. The Balaban J connectivity index is 4.22. The first-order chi connectivity index (χ1) is 8.04. The highest BCUT2D eigenvalue weighted by Crippen LogP contribution is 2.09. The first kappa shape index (κ1) is 16.4. The van der Waals surface area contributed by atoms with Crippen molar-refractivity contribution in [2.75, 3.05) is 40.3 Å². The Morgan fingerprint density at radius 3 is 2.24 bits per heavy atom. The molecule has 0 aliphatic carbocycles. The first-order valence-electron chi connectivity index (χ1n) is 6.67. The van der Waals surface area contributed by atoms with E-state index in [4.69, 9.17) is 5.73 Å². The highest BCUT2D eigenvalue weighted by Gasteiger charge is 2.16. The molecule has 4 nitrogen and oxygen atoms in total. The summed E-state index contributed by atoms with van der Waals surface area (Å²) in [4.78, 5) is 16.2. The van der Waals surface area contributed by atoms with Gasteiger partial charge in [0.25, 0.3) is 0 Å². The lowest BCUT2D eigenvalue weighted by molar-refractivity contribution is -0.132. The predicted octanol–water partition coefficient (Wildman–Crippen LogP) is 1.16. The zero-order chi connectivity index (χ0) is 13.3. The van der Waals surface area contributed by atoms with Crippen LogP contribution in [-0.4, -0.2) is 56.0 Å². The summed E-state index contributed by atoms with van der Waals surface area (Å²) in [5, 5.41) is 0. The maximum absolute atomic E-state index is 12.1. The van der Waals surface area contributed by atoms with Gasteiger partial charge in [-0.1, -0.05) is 20.3 Å². The summed E-state index contributed by atoms with van der Waals surface area (Å²) >= 11 is 0. The van der Waals surface area contributed by atoms with Gasteiger partial charge in [0.15, 0.2) is 0 Å². The van der Waals surface area contributed by atoms with E-state index < -0.39 is 0 Å². The van der Waals surface area contributed by atoms with Gasteiger partial charge < -0.3 is 15.5 Å². The minimum Gasteiger partial charge on any atom is -0.341 e. The molecule has 1 unspecified atom stereocenters. The van der Waals surface area contributed by atoms with Gasteiger partial charge in [0.05, 0.1) is 0 Å². The van der Waals surface area contributed by atoms with Gasteiger partial charge in [0, 0.05) is 26.1 Å². The number of likely N-dealkylation sites (N-methyl/N-ethyl adjacent to an activating group) is 1. The van der Waals surface area contributed by atoms with Crippen LogP contribution in [0, 0.1) is 5.92 Å². The molecule has 2 N–H and O–H groups in total. The van der Waals surface area contributed by atoms with E-state index in [0.29, 0.717) is 18.9 Å². The molecule has 0 spiro atoms. The number of hydrogen-bond donors (Lipinski definition) is 1. The molecule has 0 saturated heterocycles. The summed E-state index contributed by atoms with van der Waals surface area (Å²) < 4.78 is 0. The van der Waals surface area contributed by atoms with E-state index >= 15 is 0 Å². The zero-order valence-corrected chi connectivity index (χ0v) is 11.9. The van der Waals surface area contributed by atoms with Gasteiger partial charge in [0.1, 0.15) is 0 Å². The molecule has 0 radical (unpaired) electrons. The first-order valence-corrected chi connectivity index (χ1v) is 6.67. The molecule has 0 heterocycles. The highest BCUT2D eigenvalue weighted by atomic mass is 16.2. The standard InChI is InChI=1S/C13H29N3O/c1-5-7-16(9-8-15(3)4)13(17)10-12(6-2)11-14/h12H,5-11,14H2,1-4H3. The zero-order valence-electron chi connectivity index (χ0n) is 11.9. The molecule has 4 heteroatoms. The molecular formula is C13H29N3O. The number of nitrogens with zero attached hydrogens (tertiary/aromatic N) is 2. The summed E-state index contributed by atoms with van der Waals surface area (Å²) in [6.07, 6.45) is 2.59. The van der Waals surface area contributed by atoms with E-state index in [9.17, 15) is 4.79 Å². The predicted molar refractivity (Wildman–Crippen MR) is 72.9 cm³/mol. The molecule has 0 aromatic rings. The van der Waals surface area contributed by atoms with Crippen molar-refractivity contribution in [3.05, 3.63) is 0 Å². The molecule has 0 fully saturated rings. The van der Waals surface area contributed by atoms with Crippen LogP contribution in [0.3, 0.4) is 0 Å². The van der Waals surface area contributed by atoms with E-state index in [2.05, 4.69) is 18.7 Å². The van der Waals surface area contributed by atoms with Crippen LogP contribution < -0.4 is 5.73 Å². The lowest BCUT2D eigenvalue weighted by Crippen LogP contribution is -2.38. The smallest absolute Gasteiger partial charge is 0.222 e. The van der Waals surface area contributed by atoms with Crippen molar-refractivity contribution in [3.63, 3.8) is 0 Å². The Labute approximate surface area is 106 Å². The summed E-state index contributed by atoms with van der Waals surface area (Å²) in [6.45, 7) is 7.40. The average Bonchev–Trinajstić information content (AvgIpc) is 2.30. The number of nitrogens with two attached hydrogens (primary N) is 1. The second kappa shape index (κ2) is 9.42. The minimum atomic E-state index is 0.256. The molecule has 0 saturated carbocycles. The molecule has 17 heavy (non-hydrogen) atoms. The number of carbonyl (C=O) groups is 1. The van der Waals surface area contributed by atoms with Crippen molar-refractivity contribution in [3.8, 4) is 0 Å². The van der Waals surface area contributed by atoms with Crippen LogP contribution in [-0.2, 0) is 4.79 Å². The van der Waals surface area contributed by atoms with Gasteiger partial charge in [-0.05, 0) is 33.0 Å². The largest absolute Gasteiger partial charge is 0.341 e. The van der Waals surface area contributed by atoms with Crippen LogP contribution in [0.15, 0.2) is 0 Å². The summed E-state index contributed by atoms with van der Waals surface area (Å²) in [7, 11) is 4.06. The van der Waals surface area contributed by atoms with Crippen molar-refractivity contribution in [2.45, 2.75) is 33.1 Å². The molecule has 0 aliphatic rings. The third-order valence-electron chi connectivity index (χ3n) is 3.04. The van der Waals surface area contributed by atoms with Crippen molar-refractivity contribution < 1.29 is 4.79 Å². The monoisotopic (exact) mass is 243 g/mol. The van der Waals surface area contributed by atoms with Crippen LogP contribution in [0.5, 0.6) is 0 Å². The topological polar surface area (TPSA) is 49.6 Å². The molecule has 0 rings (SSSR count). The molecule has 0 bridgehead atoms. The van der Waals surface area contributed by atoms with Gasteiger partial charge in [-0.3, -0.25) is 4.79 Å². The number of hydrogen-bond acceptors (Lipinski definition) is 3. The van der Waals surface area contributed by atoms with E-state index in [1.807, 2.05) is 19.0 Å². The highest BCUT2D eigenvalue weighted by molar-refractivity contribution is 5.76. The Bertz CT molecular complexity index is 203. The van der Waals surface area contributed by atoms with Gasteiger partial charge in [0.2, 0.25) is 5.91 Å². The molecule has 0 aromatic heterocycles. The Morgan fingerprint density at radius 2 is 1.82 bits per heavy atom. The Kier molecular flexibility index (Phi) is 9.09. The molecule has 1 amide bonds. The van der Waals surface area contributed by atoms with Gasteiger partial charge in [-0.15, -0.1) is 0 Å². The third-order valence-corrected chi connectivity index (χ3v) is 3.04. The minimum absolute atomic E-state index is 0.256. The molecule has 102 valence electrons. The number of amides is 1. The van der Waals surface area contributed by atoms with Crippen LogP contribution in [0.2, 0.25) is 0 Å². The van der Waals surface area contributed by atoms with Crippen LogP contribution in [0.1, 0.15) is 33.1 Å². The maximum Gasteiger partial charge on any atom is 0.222 e. The fourth-order valence-corrected chi connectivity index (χ4v) is 1.72. The van der Waals surface area contributed by atoms with E-state index in [-0.39, 0.29) is 5.91 Å². The van der Waals surface area contributed by atoms with Gasteiger partial charge >= 0.3 is 0 Å². The van der Waals surface area contributed by atoms with E-state index in [1.54, 1.807) is 0 Å². The van der Waals surface area contributed by atoms with Gasteiger partial charge in [-0.2, -0.15) is 0 Å². The summed E-state index contributed by atoms with van der Waals surface area (Å²) in [5.74, 6) is 0.590. The van der Waals surface area contributed by atoms with Crippen molar-refractivity contribution in [1.29, 1.82) is 0 Å². The SMILES string of the molecule is CCCN(CCN(C)C)C(=O)CC(CC)CN. The fourth-order valence-electron chi connectivity index (χ4n) is 1.72. The van der Waals surface area contributed by atoms with Crippen LogP contribution in [0.25, 0.3) is 0 Å².